The van der Waals surface area contributed by atoms with Gasteiger partial charge in [-0.2, -0.15) is 0 Å². The van der Waals surface area contributed by atoms with Crippen molar-refractivity contribution in [2.75, 3.05) is 26.9 Å². The Labute approximate surface area is 227 Å². The minimum Gasteiger partial charge on any atom is -0.497 e. The summed E-state index contributed by atoms with van der Waals surface area (Å²) >= 11 is 0. The van der Waals surface area contributed by atoms with Gasteiger partial charge >= 0.3 is 0 Å². The molecule has 2 aromatic carbocycles. The highest BCUT2D eigenvalue weighted by molar-refractivity contribution is 5.82. The molecule has 0 spiro atoms. The average molecular weight is 563 g/mol. The first kappa shape index (κ1) is 28.4. The van der Waals surface area contributed by atoms with Gasteiger partial charge in [0, 0.05) is 6.07 Å². The number of ether oxygens (including phenoxy) is 5. The van der Waals surface area contributed by atoms with Gasteiger partial charge in [0.1, 0.15) is 59.5 Å². The predicted octanol–water partition coefficient (Wildman–Crippen LogP) is -0.888. The molecule has 2 aliphatic heterocycles. The summed E-state index contributed by atoms with van der Waals surface area (Å²) in [6.45, 7) is -1.56. The second-order valence-electron chi connectivity index (χ2n) is 9.72. The van der Waals surface area contributed by atoms with E-state index in [0.29, 0.717) is 16.9 Å². The lowest BCUT2D eigenvalue weighted by Gasteiger charge is -2.40. The van der Waals surface area contributed by atoms with Crippen LogP contribution in [0.2, 0.25) is 0 Å². The smallest absolute Gasteiger partial charge is 0.229 e. The van der Waals surface area contributed by atoms with E-state index in [2.05, 4.69) is 0 Å². The molecule has 0 saturated carbocycles. The van der Waals surface area contributed by atoms with E-state index >= 15 is 0 Å². The van der Waals surface area contributed by atoms with Crippen molar-refractivity contribution < 1.29 is 58.7 Å². The molecule has 0 radical (unpaired) electrons. The van der Waals surface area contributed by atoms with E-state index < -0.39 is 61.9 Å². The molecule has 13 nitrogen and oxygen atoms in total. The van der Waals surface area contributed by atoms with E-state index in [-0.39, 0.29) is 28.8 Å². The van der Waals surface area contributed by atoms with Crippen LogP contribution in [0.1, 0.15) is 0 Å². The van der Waals surface area contributed by atoms with Gasteiger partial charge in [0.15, 0.2) is 11.7 Å². The molecule has 13 heteroatoms. The summed E-state index contributed by atoms with van der Waals surface area (Å²) in [5.41, 5.74) is -0.976. The minimum absolute atomic E-state index is 0.141. The quantitative estimate of drug-likeness (QED) is 0.198. The van der Waals surface area contributed by atoms with Gasteiger partial charge in [-0.05, 0) is 29.8 Å². The van der Waals surface area contributed by atoms with Crippen LogP contribution < -0.4 is 14.9 Å². The Bertz CT molecular complexity index is 1380. The summed E-state index contributed by atoms with van der Waals surface area (Å²) in [7, 11) is 1.55. The van der Waals surface area contributed by atoms with E-state index in [1.165, 1.54) is 24.5 Å². The number of hydrogen-bond donors (Lipinski definition) is 6. The van der Waals surface area contributed by atoms with Crippen molar-refractivity contribution in [1.29, 1.82) is 0 Å². The molecule has 2 saturated heterocycles. The van der Waals surface area contributed by atoms with E-state index in [1.54, 1.807) is 31.4 Å². The molecule has 0 bridgehead atoms. The SMILES string of the molecule is COc1ccc(-c2coc3cc(OC4OC(COC5OCC(O)(CO)C5O)C(O)C(O)C4O)ccc3c2=O)cc1. The maximum absolute atomic E-state index is 13.1. The van der Waals surface area contributed by atoms with E-state index in [1.807, 2.05) is 0 Å². The number of methoxy groups -OCH3 is 1. The van der Waals surface area contributed by atoms with E-state index in [9.17, 15) is 35.4 Å². The lowest BCUT2D eigenvalue weighted by molar-refractivity contribution is -0.289. The van der Waals surface area contributed by atoms with E-state index in [0.717, 1.165) is 0 Å². The molecular weight excluding hydrogens is 532 g/mol. The van der Waals surface area contributed by atoms with E-state index in [4.69, 9.17) is 28.1 Å². The molecule has 5 rings (SSSR count). The molecule has 0 amide bonds. The lowest BCUT2D eigenvalue weighted by Crippen LogP contribution is -2.60. The molecule has 6 N–H and O–H groups in total. The zero-order chi connectivity index (χ0) is 28.6. The molecule has 0 aliphatic carbocycles. The van der Waals surface area contributed by atoms with Crippen molar-refractivity contribution in [3.05, 3.63) is 59.0 Å². The zero-order valence-electron chi connectivity index (χ0n) is 21.3. The van der Waals surface area contributed by atoms with Crippen LogP contribution >= 0.6 is 0 Å². The van der Waals surface area contributed by atoms with Crippen LogP contribution in [0.5, 0.6) is 11.5 Å². The molecule has 8 unspecified atom stereocenters. The van der Waals surface area contributed by atoms with Crippen molar-refractivity contribution in [1.82, 2.24) is 0 Å². The Morgan fingerprint density at radius 2 is 1.70 bits per heavy atom. The summed E-state index contributed by atoms with van der Waals surface area (Å²) in [6, 6.07) is 11.3. The standard InChI is InChI=1S/C27H30O13/c1-35-14-4-2-13(3-5-14)17-9-36-18-8-15(6-7-16(18)20(17)29)39-25-23(32)22(31)21(30)19(40-25)10-37-26-24(33)27(34,11-28)12-38-26/h2-9,19,21-26,28,30-34H,10-12H2,1H3. The van der Waals surface area contributed by atoms with Gasteiger partial charge < -0.3 is 58.7 Å². The number of rotatable bonds is 8. The van der Waals surface area contributed by atoms with Crippen molar-refractivity contribution in [2.24, 2.45) is 0 Å². The third-order valence-electron chi connectivity index (χ3n) is 7.07. The highest BCUT2D eigenvalue weighted by Gasteiger charge is 2.50. The third kappa shape index (κ3) is 5.31. The van der Waals surface area contributed by atoms with Crippen LogP contribution in [0.4, 0.5) is 0 Å². The lowest BCUT2D eigenvalue weighted by atomic mass is 9.99. The van der Waals surface area contributed by atoms with Crippen LogP contribution in [0, 0.1) is 0 Å². The maximum atomic E-state index is 13.1. The monoisotopic (exact) mass is 562 g/mol. The zero-order valence-corrected chi connectivity index (χ0v) is 21.3. The molecule has 1 aromatic heterocycles. The third-order valence-corrected chi connectivity index (χ3v) is 7.07. The van der Waals surface area contributed by atoms with Gasteiger partial charge in [-0.1, -0.05) is 12.1 Å². The summed E-state index contributed by atoms with van der Waals surface area (Å²) in [6.07, 6.45) is -9.18. The van der Waals surface area contributed by atoms with Gasteiger partial charge in [0.05, 0.1) is 37.9 Å². The summed E-state index contributed by atoms with van der Waals surface area (Å²) in [5, 5.41) is 61.0. The van der Waals surface area contributed by atoms with Crippen molar-refractivity contribution in [3.8, 4) is 22.6 Å². The van der Waals surface area contributed by atoms with Gasteiger partial charge in [0.2, 0.25) is 6.29 Å². The highest BCUT2D eigenvalue weighted by atomic mass is 16.7. The Morgan fingerprint density at radius 1 is 0.975 bits per heavy atom. The molecule has 40 heavy (non-hydrogen) atoms. The fraction of sp³-hybridized carbons (Fsp3) is 0.444. The molecule has 3 aromatic rings. The van der Waals surface area contributed by atoms with Crippen molar-refractivity contribution in [3.63, 3.8) is 0 Å². The first-order chi connectivity index (χ1) is 19.1. The highest BCUT2D eigenvalue weighted by Crippen LogP contribution is 2.30. The van der Waals surface area contributed by atoms with Crippen LogP contribution in [0.3, 0.4) is 0 Å². The second kappa shape index (κ2) is 11.4. The summed E-state index contributed by atoms with van der Waals surface area (Å²) in [4.78, 5) is 13.1. The molecular formula is C27H30O13. The number of aliphatic hydroxyl groups is 6. The number of aliphatic hydroxyl groups excluding tert-OH is 5. The molecule has 3 heterocycles. The average Bonchev–Trinajstić information content (AvgIpc) is 3.26. The Hall–Kier alpha value is -3.11. The summed E-state index contributed by atoms with van der Waals surface area (Å²) < 4.78 is 32.7. The number of fused-ring (bicyclic) bond motifs is 1. The molecule has 8 atom stereocenters. The predicted molar refractivity (Wildman–Crippen MR) is 136 cm³/mol. The number of hydrogen-bond acceptors (Lipinski definition) is 13. The molecule has 2 aliphatic rings. The van der Waals surface area contributed by atoms with Crippen LogP contribution in [0.25, 0.3) is 22.1 Å². The van der Waals surface area contributed by atoms with Gasteiger partial charge in [-0.3, -0.25) is 4.79 Å². The number of benzene rings is 2. The molecule has 2 fully saturated rings. The minimum atomic E-state index is -1.90. The normalized spacial score (nSPS) is 32.3. The first-order valence-electron chi connectivity index (χ1n) is 12.5. The van der Waals surface area contributed by atoms with Crippen molar-refractivity contribution in [2.45, 2.75) is 48.7 Å². The largest absolute Gasteiger partial charge is 0.497 e. The Morgan fingerprint density at radius 3 is 2.38 bits per heavy atom. The maximum Gasteiger partial charge on any atom is 0.229 e. The molecule has 216 valence electrons. The van der Waals surface area contributed by atoms with Gasteiger partial charge in [0.25, 0.3) is 0 Å². The summed E-state index contributed by atoms with van der Waals surface area (Å²) in [5.74, 6) is 0.787. The van der Waals surface area contributed by atoms with Crippen LogP contribution in [-0.4, -0.2) is 106 Å². The fourth-order valence-electron chi connectivity index (χ4n) is 4.56. The first-order valence-corrected chi connectivity index (χ1v) is 12.5. The van der Waals surface area contributed by atoms with Gasteiger partial charge in [-0.25, -0.2) is 0 Å². The topological polar surface area (TPSA) is 198 Å². The van der Waals surface area contributed by atoms with Crippen LogP contribution in [-0.2, 0) is 14.2 Å². The Kier molecular flexibility index (Phi) is 8.10. The fourth-order valence-corrected chi connectivity index (χ4v) is 4.56. The van der Waals surface area contributed by atoms with Crippen molar-refractivity contribution >= 4 is 11.0 Å². The second-order valence-corrected chi connectivity index (χ2v) is 9.72. The van der Waals surface area contributed by atoms with Gasteiger partial charge in [-0.15, -0.1) is 0 Å². The Balaban J connectivity index is 1.29. The van der Waals surface area contributed by atoms with Crippen LogP contribution in [0.15, 0.2) is 57.9 Å².